The standard InChI is InChI=1S/C16H27NO2/c1-5-17-16(4,12-18)9-6-10-19-15-8-7-13(2)14(3)11-15/h7-8,11,17-18H,5-6,9-10,12H2,1-4H3. The van der Waals surface area contributed by atoms with Crippen LogP contribution in [0.1, 0.15) is 37.8 Å². The first-order chi connectivity index (χ1) is 9.00. The Kier molecular flexibility index (Phi) is 6.32. The first kappa shape index (κ1) is 16.0. The average Bonchev–Trinajstić information content (AvgIpc) is 2.39. The lowest BCUT2D eigenvalue weighted by Crippen LogP contribution is -2.45. The maximum atomic E-state index is 9.40. The molecule has 0 fully saturated rings. The number of aliphatic hydroxyl groups excluding tert-OH is 1. The zero-order valence-electron chi connectivity index (χ0n) is 12.6. The van der Waals surface area contributed by atoms with E-state index in [-0.39, 0.29) is 12.1 Å². The number of likely N-dealkylation sites (N-methyl/N-ethyl adjacent to an activating group) is 1. The molecule has 0 bridgehead atoms. The molecule has 108 valence electrons. The normalized spacial score (nSPS) is 14.2. The van der Waals surface area contributed by atoms with Crippen LogP contribution in [0.3, 0.4) is 0 Å². The molecular formula is C16H27NO2. The lowest BCUT2D eigenvalue weighted by molar-refractivity contribution is 0.158. The minimum atomic E-state index is -0.193. The van der Waals surface area contributed by atoms with Crippen molar-refractivity contribution >= 4 is 0 Å². The van der Waals surface area contributed by atoms with Crippen molar-refractivity contribution < 1.29 is 9.84 Å². The van der Waals surface area contributed by atoms with Gasteiger partial charge in [0.25, 0.3) is 0 Å². The molecule has 1 atom stereocenters. The predicted molar refractivity (Wildman–Crippen MR) is 79.8 cm³/mol. The molecule has 0 amide bonds. The SMILES string of the molecule is CCNC(C)(CO)CCCOc1ccc(C)c(C)c1. The first-order valence-electron chi connectivity index (χ1n) is 7.06. The number of aryl methyl sites for hydroxylation is 2. The van der Waals surface area contributed by atoms with Gasteiger partial charge in [0.05, 0.1) is 13.2 Å². The molecule has 1 aromatic rings. The van der Waals surface area contributed by atoms with E-state index >= 15 is 0 Å². The summed E-state index contributed by atoms with van der Waals surface area (Å²) >= 11 is 0. The van der Waals surface area contributed by atoms with E-state index in [1.165, 1.54) is 11.1 Å². The summed E-state index contributed by atoms with van der Waals surface area (Å²) in [7, 11) is 0. The molecule has 0 spiro atoms. The Bertz CT molecular complexity index is 392. The van der Waals surface area contributed by atoms with Crippen molar-refractivity contribution in [1.82, 2.24) is 5.32 Å². The first-order valence-corrected chi connectivity index (χ1v) is 7.06. The highest BCUT2D eigenvalue weighted by molar-refractivity contribution is 5.33. The molecule has 0 saturated carbocycles. The van der Waals surface area contributed by atoms with E-state index < -0.39 is 0 Å². The zero-order valence-corrected chi connectivity index (χ0v) is 12.6. The number of rotatable bonds is 8. The third-order valence-electron chi connectivity index (χ3n) is 3.57. The molecule has 2 N–H and O–H groups in total. The highest BCUT2D eigenvalue weighted by Gasteiger charge is 2.20. The lowest BCUT2D eigenvalue weighted by atomic mass is 9.97. The van der Waals surface area contributed by atoms with Gasteiger partial charge in [0.15, 0.2) is 0 Å². The fourth-order valence-electron chi connectivity index (χ4n) is 2.11. The van der Waals surface area contributed by atoms with Crippen LogP contribution in [0.5, 0.6) is 5.75 Å². The van der Waals surface area contributed by atoms with Crippen LogP contribution in [0.4, 0.5) is 0 Å². The van der Waals surface area contributed by atoms with E-state index in [4.69, 9.17) is 4.74 Å². The highest BCUT2D eigenvalue weighted by Crippen LogP contribution is 2.17. The maximum absolute atomic E-state index is 9.40. The van der Waals surface area contributed by atoms with Crippen molar-refractivity contribution in [2.75, 3.05) is 19.8 Å². The summed E-state index contributed by atoms with van der Waals surface area (Å²) in [5, 5.41) is 12.7. The number of benzene rings is 1. The lowest BCUT2D eigenvalue weighted by Gasteiger charge is -2.28. The Labute approximate surface area is 117 Å². The molecule has 19 heavy (non-hydrogen) atoms. The number of hydrogen-bond donors (Lipinski definition) is 2. The van der Waals surface area contributed by atoms with Gasteiger partial charge >= 0.3 is 0 Å². The Hall–Kier alpha value is -1.06. The summed E-state index contributed by atoms with van der Waals surface area (Å²) in [5.74, 6) is 0.928. The second-order valence-electron chi connectivity index (χ2n) is 5.45. The summed E-state index contributed by atoms with van der Waals surface area (Å²) in [4.78, 5) is 0. The van der Waals surface area contributed by atoms with E-state index in [0.29, 0.717) is 6.61 Å². The molecule has 0 aromatic heterocycles. The minimum absolute atomic E-state index is 0.157. The van der Waals surface area contributed by atoms with Crippen molar-refractivity contribution in [2.45, 2.75) is 46.1 Å². The quantitative estimate of drug-likeness (QED) is 0.710. The second-order valence-corrected chi connectivity index (χ2v) is 5.45. The van der Waals surface area contributed by atoms with Gasteiger partial charge in [0.2, 0.25) is 0 Å². The Morgan fingerprint density at radius 3 is 2.58 bits per heavy atom. The zero-order chi connectivity index (χ0) is 14.3. The summed E-state index contributed by atoms with van der Waals surface area (Å²) < 4.78 is 5.75. The number of hydrogen-bond acceptors (Lipinski definition) is 3. The van der Waals surface area contributed by atoms with Crippen LogP contribution in [0.15, 0.2) is 18.2 Å². The van der Waals surface area contributed by atoms with Crippen LogP contribution < -0.4 is 10.1 Å². The van der Waals surface area contributed by atoms with Crippen LogP contribution in [0.25, 0.3) is 0 Å². The minimum Gasteiger partial charge on any atom is -0.494 e. The van der Waals surface area contributed by atoms with E-state index in [9.17, 15) is 5.11 Å². The molecular weight excluding hydrogens is 238 g/mol. The molecule has 0 heterocycles. The molecule has 0 aliphatic carbocycles. The van der Waals surface area contributed by atoms with E-state index in [1.54, 1.807) is 0 Å². The van der Waals surface area contributed by atoms with Gasteiger partial charge in [-0.05, 0) is 63.4 Å². The van der Waals surface area contributed by atoms with Crippen molar-refractivity contribution in [1.29, 1.82) is 0 Å². The Morgan fingerprint density at radius 2 is 2.00 bits per heavy atom. The molecule has 1 unspecified atom stereocenters. The summed E-state index contributed by atoms with van der Waals surface area (Å²) in [6.45, 7) is 10.0. The molecule has 1 rings (SSSR count). The van der Waals surface area contributed by atoms with E-state index in [2.05, 4.69) is 38.2 Å². The van der Waals surface area contributed by atoms with E-state index in [0.717, 1.165) is 25.1 Å². The second kappa shape index (κ2) is 7.51. The molecule has 0 aliphatic rings. The topological polar surface area (TPSA) is 41.5 Å². The van der Waals surface area contributed by atoms with Gasteiger partial charge in [-0.1, -0.05) is 13.0 Å². The molecule has 1 aromatic carbocycles. The predicted octanol–water partition coefficient (Wildman–Crippen LogP) is 2.82. The van der Waals surface area contributed by atoms with Crippen LogP contribution in [0.2, 0.25) is 0 Å². The van der Waals surface area contributed by atoms with Crippen LogP contribution in [-0.2, 0) is 0 Å². The van der Waals surface area contributed by atoms with Gasteiger partial charge in [0.1, 0.15) is 5.75 Å². The molecule has 0 saturated heterocycles. The van der Waals surface area contributed by atoms with Gasteiger partial charge in [-0.3, -0.25) is 0 Å². The van der Waals surface area contributed by atoms with Gasteiger partial charge < -0.3 is 15.2 Å². The third-order valence-corrected chi connectivity index (χ3v) is 3.57. The van der Waals surface area contributed by atoms with Crippen molar-refractivity contribution in [3.8, 4) is 5.75 Å². The Balaban J connectivity index is 2.36. The third kappa shape index (κ3) is 5.21. The largest absolute Gasteiger partial charge is 0.494 e. The fraction of sp³-hybridized carbons (Fsp3) is 0.625. The van der Waals surface area contributed by atoms with Gasteiger partial charge in [-0.15, -0.1) is 0 Å². The molecule has 3 nitrogen and oxygen atoms in total. The van der Waals surface area contributed by atoms with Crippen LogP contribution >= 0.6 is 0 Å². The average molecular weight is 265 g/mol. The molecule has 0 aliphatic heterocycles. The van der Waals surface area contributed by atoms with Crippen molar-refractivity contribution in [3.63, 3.8) is 0 Å². The monoisotopic (exact) mass is 265 g/mol. The highest BCUT2D eigenvalue weighted by atomic mass is 16.5. The Morgan fingerprint density at radius 1 is 1.26 bits per heavy atom. The van der Waals surface area contributed by atoms with Gasteiger partial charge in [-0.25, -0.2) is 0 Å². The van der Waals surface area contributed by atoms with Crippen LogP contribution in [0, 0.1) is 13.8 Å². The van der Waals surface area contributed by atoms with Crippen LogP contribution in [-0.4, -0.2) is 30.4 Å². The molecule has 0 radical (unpaired) electrons. The summed E-state index contributed by atoms with van der Waals surface area (Å²) in [6, 6.07) is 6.17. The molecule has 3 heteroatoms. The van der Waals surface area contributed by atoms with Crippen molar-refractivity contribution in [2.24, 2.45) is 0 Å². The number of ether oxygens (including phenoxy) is 1. The maximum Gasteiger partial charge on any atom is 0.119 e. The van der Waals surface area contributed by atoms with Gasteiger partial charge in [0, 0.05) is 5.54 Å². The van der Waals surface area contributed by atoms with E-state index in [1.807, 2.05) is 13.0 Å². The smallest absolute Gasteiger partial charge is 0.119 e. The summed E-state index contributed by atoms with van der Waals surface area (Å²) in [5.41, 5.74) is 2.35. The van der Waals surface area contributed by atoms with Crippen molar-refractivity contribution in [3.05, 3.63) is 29.3 Å². The number of aliphatic hydroxyl groups is 1. The van der Waals surface area contributed by atoms with Gasteiger partial charge in [-0.2, -0.15) is 0 Å². The summed E-state index contributed by atoms with van der Waals surface area (Å²) in [6.07, 6.45) is 1.83. The fourth-order valence-corrected chi connectivity index (χ4v) is 2.11. The number of nitrogens with one attached hydrogen (secondary N) is 1.